The standard InChI is InChI=1S/C16H28N2O2/c1-3-4-8-12(2)18-11-14(19)17-15(16(18)20)13-9-6-5-7-10-13/h12-13,15H,3-11H2,1-2H3,(H,17,19). The third-order valence-electron chi connectivity index (χ3n) is 4.81. The highest BCUT2D eigenvalue weighted by atomic mass is 16.2. The Morgan fingerprint density at radius 2 is 1.95 bits per heavy atom. The second-order valence-electron chi connectivity index (χ2n) is 6.40. The molecule has 1 saturated heterocycles. The van der Waals surface area contributed by atoms with E-state index >= 15 is 0 Å². The van der Waals surface area contributed by atoms with Gasteiger partial charge in [-0.1, -0.05) is 39.0 Å². The van der Waals surface area contributed by atoms with Gasteiger partial charge in [0.15, 0.2) is 0 Å². The van der Waals surface area contributed by atoms with E-state index in [9.17, 15) is 9.59 Å². The van der Waals surface area contributed by atoms with Crippen LogP contribution in [0, 0.1) is 5.92 Å². The summed E-state index contributed by atoms with van der Waals surface area (Å²) in [5.74, 6) is 0.519. The second-order valence-corrected chi connectivity index (χ2v) is 6.40. The van der Waals surface area contributed by atoms with E-state index in [2.05, 4.69) is 19.2 Å². The zero-order chi connectivity index (χ0) is 14.5. The van der Waals surface area contributed by atoms with Crippen LogP contribution in [0.4, 0.5) is 0 Å². The van der Waals surface area contributed by atoms with Crippen molar-refractivity contribution in [1.82, 2.24) is 10.2 Å². The number of carbonyl (C=O) groups excluding carboxylic acids is 2. The van der Waals surface area contributed by atoms with Gasteiger partial charge in [-0.05, 0) is 32.1 Å². The molecule has 2 amide bonds. The number of hydrogen-bond donors (Lipinski definition) is 1. The van der Waals surface area contributed by atoms with E-state index in [4.69, 9.17) is 0 Å². The molecular weight excluding hydrogens is 252 g/mol. The minimum Gasteiger partial charge on any atom is -0.342 e. The molecular formula is C16H28N2O2. The van der Waals surface area contributed by atoms with Crippen LogP contribution in [0.1, 0.15) is 65.2 Å². The Kier molecular flexibility index (Phi) is 5.44. The van der Waals surface area contributed by atoms with E-state index in [-0.39, 0.29) is 30.4 Å². The van der Waals surface area contributed by atoms with Crippen LogP contribution in [-0.4, -0.2) is 35.3 Å². The van der Waals surface area contributed by atoms with Crippen LogP contribution in [0.3, 0.4) is 0 Å². The average molecular weight is 280 g/mol. The van der Waals surface area contributed by atoms with Crippen molar-refractivity contribution >= 4 is 11.8 Å². The Labute approximate surface area is 122 Å². The molecule has 0 bridgehead atoms. The number of piperazine rings is 1. The molecule has 1 heterocycles. The monoisotopic (exact) mass is 280 g/mol. The number of amides is 2. The normalized spacial score (nSPS) is 26.5. The van der Waals surface area contributed by atoms with Gasteiger partial charge < -0.3 is 10.2 Å². The summed E-state index contributed by atoms with van der Waals surface area (Å²) in [4.78, 5) is 26.4. The lowest BCUT2D eigenvalue weighted by Crippen LogP contribution is -2.62. The van der Waals surface area contributed by atoms with Gasteiger partial charge in [0.05, 0.1) is 6.54 Å². The topological polar surface area (TPSA) is 49.4 Å². The first-order chi connectivity index (χ1) is 9.63. The minimum atomic E-state index is -0.263. The van der Waals surface area contributed by atoms with Crippen molar-refractivity contribution in [1.29, 1.82) is 0 Å². The highest BCUT2D eigenvalue weighted by Gasteiger charge is 2.39. The lowest BCUT2D eigenvalue weighted by Gasteiger charge is -2.40. The maximum Gasteiger partial charge on any atom is 0.246 e. The van der Waals surface area contributed by atoms with E-state index in [1.54, 1.807) is 0 Å². The summed E-state index contributed by atoms with van der Waals surface area (Å²) in [6.45, 7) is 4.47. The summed E-state index contributed by atoms with van der Waals surface area (Å²) in [7, 11) is 0. The van der Waals surface area contributed by atoms with Crippen LogP contribution in [0.25, 0.3) is 0 Å². The van der Waals surface area contributed by atoms with Crippen molar-refractivity contribution in [2.45, 2.75) is 77.3 Å². The van der Waals surface area contributed by atoms with Crippen molar-refractivity contribution in [3.05, 3.63) is 0 Å². The molecule has 1 aliphatic carbocycles. The molecule has 0 radical (unpaired) electrons. The molecule has 1 aliphatic heterocycles. The molecule has 2 rings (SSSR count). The Hall–Kier alpha value is -1.06. The van der Waals surface area contributed by atoms with Gasteiger partial charge in [-0.2, -0.15) is 0 Å². The molecule has 1 saturated carbocycles. The van der Waals surface area contributed by atoms with Gasteiger partial charge in [0, 0.05) is 6.04 Å². The van der Waals surface area contributed by atoms with Gasteiger partial charge in [-0.15, -0.1) is 0 Å². The Morgan fingerprint density at radius 3 is 2.60 bits per heavy atom. The Balaban J connectivity index is 2.02. The summed E-state index contributed by atoms with van der Waals surface area (Å²) in [6.07, 6.45) is 9.04. The highest BCUT2D eigenvalue weighted by Crippen LogP contribution is 2.29. The van der Waals surface area contributed by atoms with Gasteiger partial charge in [0.2, 0.25) is 11.8 Å². The number of unbranched alkanes of at least 4 members (excludes halogenated alkanes) is 1. The predicted molar refractivity (Wildman–Crippen MR) is 79.2 cm³/mol. The van der Waals surface area contributed by atoms with Crippen LogP contribution in [0.15, 0.2) is 0 Å². The summed E-state index contributed by atoms with van der Waals surface area (Å²) in [5, 5.41) is 2.95. The molecule has 0 aromatic rings. The molecule has 0 aromatic carbocycles. The van der Waals surface area contributed by atoms with E-state index < -0.39 is 0 Å². The predicted octanol–water partition coefficient (Wildman–Crippen LogP) is 2.47. The zero-order valence-corrected chi connectivity index (χ0v) is 12.9. The molecule has 2 atom stereocenters. The molecule has 2 fully saturated rings. The van der Waals surface area contributed by atoms with Crippen LogP contribution in [0.5, 0.6) is 0 Å². The average Bonchev–Trinajstić information content (AvgIpc) is 2.47. The van der Waals surface area contributed by atoms with Gasteiger partial charge in [0.25, 0.3) is 0 Å². The second kappa shape index (κ2) is 7.09. The highest BCUT2D eigenvalue weighted by molar-refractivity contribution is 5.95. The largest absolute Gasteiger partial charge is 0.342 e. The van der Waals surface area contributed by atoms with Gasteiger partial charge >= 0.3 is 0 Å². The summed E-state index contributed by atoms with van der Waals surface area (Å²) < 4.78 is 0. The number of nitrogens with one attached hydrogen (secondary N) is 1. The first kappa shape index (κ1) is 15.3. The molecule has 1 N–H and O–H groups in total. The van der Waals surface area contributed by atoms with Crippen LogP contribution in [0.2, 0.25) is 0 Å². The maximum absolute atomic E-state index is 12.7. The Bertz CT molecular complexity index is 350. The molecule has 4 heteroatoms. The number of hydrogen-bond acceptors (Lipinski definition) is 2. The van der Waals surface area contributed by atoms with Gasteiger partial charge in [-0.25, -0.2) is 0 Å². The molecule has 114 valence electrons. The van der Waals surface area contributed by atoms with Crippen LogP contribution < -0.4 is 5.32 Å². The van der Waals surface area contributed by atoms with Crippen LogP contribution in [-0.2, 0) is 9.59 Å². The Morgan fingerprint density at radius 1 is 1.25 bits per heavy atom. The lowest BCUT2D eigenvalue weighted by atomic mass is 9.82. The molecule has 0 spiro atoms. The lowest BCUT2D eigenvalue weighted by molar-refractivity contribution is -0.148. The molecule has 2 unspecified atom stereocenters. The van der Waals surface area contributed by atoms with E-state index in [1.807, 2.05) is 4.90 Å². The molecule has 4 nitrogen and oxygen atoms in total. The summed E-state index contributed by atoms with van der Waals surface area (Å²) >= 11 is 0. The van der Waals surface area contributed by atoms with Gasteiger partial charge in [0.1, 0.15) is 6.04 Å². The SMILES string of the molecule is CCCCC(C)N1CC(=O)NC(C2CCCCC2)C1=O. The molecule has 20 heavy (non-hydrogen) atoms. The van der Waals surface area contributed by atoms with E-state index in [0.29, 0.717) is 5.92 Å². The van der Waals surface area contributed by atoms with E-state index in [1.165, 1.54) is 19.3 Å². The van der Waals surface area contributed by atoms with Crippen molar-refractivity contribution in [2.24, 2.45) is 5.92 Å². The number of nitrogens with zero attached hydrogens (tertiary/aromatic N) is 1. The minimum absolute atomic E-state index is 0.0171. The van der Waals surface area contributed by atoms with Crippen molar-refractivity contribution in [3.63, 3.8) is 0 Å². The quantitative estimate of drug-likeness (QED) is 0.841. The number of rotatable bonds is 5. The summed E-state index contributed by atoms with van der Waals surface area (Å²) in [5.41, 5.74) is 0. The first-order valence-corrected chi connectivity index (χ1v) is 8.23. The fraction of sp³-hybridized carbons (Fsp3) is 0.875. The molecule has 0 aromatic heterocycles. The van der Waals surface area contributed by atoms with Crippen molar-refractivity contribution in [3.8, 4) is 0 Å². The fourth-order valence-electron chi connectivity index (χ4n) is 3.51. The van der Waals surface area contributed by atoms with Gasteiger partial charge in [-0.3, -0.25) is 9.59 Å². The van der Waals surface area contributed by atoms with E-state index in [0.717, 1.165) is 32.1 Å². The zero-order valence-electron chi connectivity index (χ0n) is 12.9. The summed E-state index contributed by atoms with van der Waals surface area (Å²) in [6, 6.07) is -0.0831. The smallest absolute Gasteiger partial charge is 0.246 e. The third-order valence-corrected chi connectivity index (χ3v) is 4.81. The van der Waals surface area contributed by atoms with Crippen molar-refractivity contribution < 1.29 is 9.59 Å². The fourth-order valence-corrected chi connectivity index (χ4v) is 3.51. The van der Waals surface area contributed by atoms with Crippen LogP contribution >= 0.6 is 0 Å². The number of carbonyl (C=O) groups is 2. The first-order valence-electron chi connectivity index (χ1n) is 8.23. The molecule has 2 aliphatic rings. The van der Waals surface area contributed by atoms with Crippen molar-refractivity contribution in [2.75, 3.05) is 6.54 Å². The maximum atomic E-state index is 12.7. The third kappa shape index (κ3) is 3.53.